The van der Waals surface area contributed by atoms with Gasteiger partial charge in [0.1, 0.15) is 0 Å². The molecule has 0 bridgehead atoms. The van der Waals surface area contributed by atoms with Crippen LogP contribution in [0.1, 0.15) is 19.4 Å². The average Bonchev–Trinajstić information content (AvgIpc) is 2.85. The van der Waals surface area contributed by atoms with E-state index >= 15 is 0 Å². The molecular weight excluding hydrogens is 270 g/mol. The third-order valence-electron chi connectivity index (χ3n) is 3.06. The lowest BCUT2D eigenvalue weighted by molar-refractivity contribution is -0.115. The molecule has 2 aromatic rings. The Labute approximate surface area is 123 Å². The number of hydrogen-bond acceptors (Lipinski definition) is 3. The number of amides is 1. The van der Waals surface area contributed by atoms with E-state index in [1.807, 2.05) is 49.0 Å². The number of aryl methyl sites for hydroxylation is 2. The van der Waals surface area contributed by atoms with E-state index in [9.17, 15) is 4.79 Å². The number of carbonyl (C=O) groups excluding carboxylic acids is 1. The largest absolute Gasteiger partial charge is 0.329 e. The van der Waals surface area contributed by atoms with E-state index < -0.39 is 0 Å². The highest BCUT2D eigenvalue weighted by atomic mass is 32.2. The summed E-state index contributed by atoms with van der Waals surface area (Å²) in [6.45, 7) is 3.99. The van der Waals surface area contributed by atoms with Crippen LogP contribution in [0.2, 0.25) is 0 Å². The number of carbonyl (C=O) groups is 1. The predicted octanol–water partition coefficient (Wildman–Crippen LogP) is 3.10. The van der Waals surface area contributed by atoms with Crippen molar-refractivity contribution in [3.8, 4) is 0 Å². The topological polar surface area (TPSA) is 46.9 Å². The summed E-state index contributed by atoms with van der Waals surface area (Å²) in [5, 5.41) is 3.58. The number of nitrogens with zero attached hydrogens (tertiary/aromatic N) is 2. The molecule has 1 N–H and O–H groups in total. The molecule has 1 heterocycles. The first-order valence-electron chi connectivity index (χ1n) is 6.64. The number of imidazole rings is 1. The molecule has 0 spiro atoms. The molecule has 20 heavy (non-hydrogen) atoms. The van der Waals surface area contributed by atoms with Gasteiger partial charge in [-0.2, -0.15) is 0 Å². The van der Waals surface area contributed by atoms with E-state index in [1.165, 1.54) is 17.3 Å². The second-order valence-corrected chi connectivity index (χ2v) is 5.93. The van der Waals surface area contributed by atoms with Gasteiger partial charge in [0, 0.05) is 25.1 Å². The summed E-state index contributed by atoms with van der Waals surface area (Å²) in [7, 11) is 1.92. The molecule has 2 rings (SSSR count). The molecule has 1 aromatic carbocycles. The lowest BCUT2D eigenvalue weighted by Gasteiger charge is -2.12. The van der Waals surface area contributed by atoms with Crippen molar-refractivity contribution in [2.45, 2.75) is 30.7 Å². The summed E-state index contributed by atoms with van der Waals surface area (Å²) in [5.41, 5.74) is 2.10. The van der Waals surface area contributed by atoms with Crippen LogP contribution in [-0.4, -0.2) is 20.7 Å². The Morgan fingerprint density at radius 1 is 1.40 bits per heavy atom. The Morgan fingerprint density at radius 3 is 2.65 bits per heavy atom. The third-order valence-corrected chi connectivity index (χ3v) is 4.23. The van der Waals surface area contributed by atoms with Crippen LogP contribution in [0.15, 0.2) is 41.8 Å². The van der Waals surface area contributed by atoms with Crippen molar-refractivity contribution in [1.29, 1.82) is 0 Å². The number of thioether (sulfide) groups is 1. The molecule has 5 heteroatoms. The van der Waals surface area contributed by atoms with Crippen LogP contribution < -0.4 is 5.32 Å². The maximum Gasteiger partial charge on any atom is 0.237 e. The standard InChI is InChI=1S/C15H19N3OS/c1-4-12-5-7-13(8-6-12)17-14(19)11(2)20-15-16-9-10-18(15)3/h5-11H,4H2,1-3H3,(H,17,19). The van der Waals surface area contributed by atoms with Crippen molar-refractivity contribution in [3.05, 3.63) is 42.2 Å². The number of aromatic nitrogens is 2. The van der Waals surface area contributed by atoms with Crippen LogP contribution in [0.25, 0.3) is 0 Å². The first kappa shape index (κ1) is 14.7. The van der Waals surface area contributed by atoms with E-state index in [0.717, 1.165) is 17.3 Å². The van der Waals surface area contributed by atoms with E-state index in [1.54, 1.807) is 6.20 Å². The molecule has 1 amide bonds. The van der Waals surface area contributed by atoms with Gasteiger partial charge in [0.05, 0.1) is 5.25 Å². The molecular formula is C15H19N3OS. The lowest BCUT2D eigenvalue weighted by atomic mass is 10.1. The van der Waals surface area contributed by atoms with Gasteiger partial charge in [0.25, 0.3) is 0 Å². The quantitative estimate of drug-likeness (QED) is 0.860. The minimum Gasteiger partial charge on any atom is -0.329 e. The smallest absolute Gasteiger partial charge is 0.237 e. The second-order valence-electron chi connectivity index (χ2n) is 4.62. The minimum absolute atomic E-state index is 0.0118. The third kappa shape index (κ3) is 3.63. The van der Waals surface area contributed by atoms with Crippen LogP contribution in [0, 0.1) is 0 Å². The van der Waals surface area contributed by atoms with Gasteiger partial charge in [0.2, 0.25) is 5.91 Å². The molecule has 1 unspecified atom stereocenters. The van der Waals surface area contributed by atoms with Crippen LogP contribution >= 0.6 is 11.8 Å². The molecule has 0 radical (unpaired) electrons. The zero-order valence-electron chi connectivity index (χ0n) is 12.0. The summed E-state index contributed by atoms with van der Waals surface area (Å²) < 4.78 is 1.91. The van der Waals surface area contributed by atoms with Crippen molar-refractivity contribution >= 4 is 23.4 Å². The van der Waals surface area contributed by atoms with E-state index in [2.05, 4.69) is 17.2 Å². The van der Waals surface area contributed by atoms with E-state index in [0.29, 0.717) is 0 Å². The fourth-order valence-corrected chi connectivity index (χ4v) is 2.58. The fourth-order valence-electron chi connectivity index (χ4n) is 1.74. The van der Waals surface area contributed by atoms with Gasteiger partial charge >= 0.3 is 0 Å². The van der Waals surface area contributed by atoms with Crippen molar-refractivity contribution in [2.75, 3.05) is 5.32 Å². The first-order valence-corrected chi connectivity index (χ1v) is 7.52. The van der Waals surface area contributed by atoms with E-state index in [4.69, 9.17) is 0 Å². The van der Waals surface area contributed by atoms with Crippen LogP contribution in [0.4, 0.5) is 5.69 Å². The van der Waals surface area contributed by atoms with Gasteiger partial charge in [-0.05, 0) is 31.0 Å². The van der Waals surface area contributed by atoms with Crippen LogP contribution in [0.5, 0.6) is 0 Å². The maximum absolute atomic E-state index is 12.1. The zero-order valence-corrected chi connectivity index (χ0v) is 12.8. The molecule has 0 saturated heterocycles. The minimum atomic E-state index is -0.193. The van der Waals surface area contributed by atoms with Gasteiger partial charge in [0.15, 0.2) is 5.16 Å². The van der Waals surface area contributed by atoms with Gasteiger partial charge in [-0.1, -0.05) is 30.8 Å². The summed E-state index contributed by atoms with van der Waals surface area (Å²) in [6, 6.07) is 7.95. The summed E-state index contributed by atoms with van der Waals surface area (Å²) in [4.78, 5) is 16.3. The predicted molar refractivity (Wildman–Crippen MR) is 83.0 cm³/mol. The number of hydrogen-bond donors (Lipinski definition) is 1. The maximum atomic E-state index is 12.1. The number of anilines is 1. The fraction of sp³-hybridized carbons (Fsp3) is 0.333. The Morgan fingerprint density at radius 2 is 2.10 bits per heavy atom. The van der Waals surface area contributed by atoms with Crippen LogP contribution in [-0.2, 0) is 18.3 Å². The first-order chi connectivity index (χ1) is 9.60. The van der Waals surface area contributed by atoms with Gasteiger partial charge in [-0.25, -0.2) is 4.98 Å². The highest BCUT2D eigenvalue weighted by molar-refractivity contribution is 8.00. The van der Waals surface area contributed by atoms with Gasteiger partial charge in [-0.15, -0.1) is 0 Å². The summed E-state index contributed by atoms with van der Waals surface area (Å²) in [6.07, 6.45) is 4.60. The zero-order chi connectivity index (χ0) is 14.5. The highest BCUT2D eigenvalue weighted by Gasteiger charge is 2.16. The molecule has 0 aliphatic carbocycles. The Kier molecular flexibility index (Phi) is 4.84. The molecule has 1 atom stereocenters. The van der Waals surface area contributed by atoms with Crippen molar-refractivity contribution in [3.63, 3.8) is 0 Å². The lowest BCUT2D eigenvalue weighted by Crippen LogP contribution is -2.22. The van der Waals surface area contributed by atoms with Crippen molar-refractivity contribution < 1.29 is 4.79 Å². The monoisotopic (exact) mass is 289 g/mol. The van der Waals surface area contributed by atoms with Gasteiger partial charge in [-0.3, -0.25) is 4.79 Å². The second kappa shape index (κ2) is 6.61. The SMILES string of the molecule is CCc1ccc(NC(=O)C(C)Sc2nccn2C)cc1. The van der Waals surface area contributed by atoms with E-state index in [-0.39, 0.29) is 11.2 Å². The van der Waals surface area contributed by atoms with Crippen molar-refractivity contribution in [1.82, 2.24) is 9.55 Å². The Bertz CT molecular complexity index is 577. The molecule has 0 aliphatic heterocycles. The highest BCUT2D eigenvalue weighted by Crippen LogP contribution is 2.22. The Balaban J connectivity index is 1.95. The number of nitrogens with one attached hydrogen (secondary N) is 1. The van der Waals surface area contributed by atoms with Gasteiger partial charge < -0.3 is 9.88 Å². The average molecular weight is 289 g/mol. The molecule has 0 fully saturated rings. The molecule has 1 aromatic heterocycles. The Hall–Kier alpha value is -1.75. The number of benzene rings is 1. The summed E-state index contributed by atoms with van der Waals surface area (Å²) >= 11 is 1.45. The molecule has 106 valence electrons. The van der Waals surface area contributed by atoms with Crippen molar-refractivity contribution in [2.24, 2.45) is 7.05 Å². The summed E-state index contributed by atoms with van der Waals surface area (Å²) in [5.74, 6) is -0.0118. The normalized spacial score (nSPS) is 12.2. The molecule has 0 saturated carbocycles. The molecule has 0 aliphatic rings. The van der Waals surface area contributed by atoms with Crippen LogP contribution in [0.3, 0.4) is 0 Å². The number of rotatable bonds is 5. The molecule has 4 nitrogen and oxygen atoms in total.